The Kier molecular flexibility index (Phi) is 6.17. The van der Waals surface area contributed by atoms with Gasteiger partial charge in [0.25, 0.3) is 0 Å². The molecule has 1 aliphatic rings. The van der Waals surface area contributed by atoms with Crippen LogP contribution in [0.2, 0.25) is 0 Å². The van der Waals surface area contributed by atoms with Crippen LogP contribution in [0.3, 0.4) is 0 Å². The molecule has 6 nitrogen and oxygen atoms in total. The van der Waals surface area contributed by atoms with Gasteiger partial charge in [-0.1, -0.05) is 6.92 Å². The van der Waals surface area contributed by atoms with Gasteiger partial charge in [-0.15, -0.1) is 0 Å². The predicted molar refractivity (Wildman–Crippen MR) is 92.9 cm³/mol. The number of carbonyl (C=O) groups is 1. The van der Waals surface area contributed by atoms with E-state index in [0.29, 0.717) is 18.0 Å². The molecule has 0 spiro atoms. The average molecular weight is 357 g/mol. The molecule has 1 heterocycles. The zero-order valence-electron chi connectivity index (χ0n) is 13.9. The maximum Gasteiger partial charge on any atom is 0.229 e. The summed E-state index contributed by atoms with van der Waals surface area (Å²) < 4.78 is 38.2. The Morgan fingerprint density at radius 3 is 2.83 bits per heavy atom. The summed E-state index contributed by atoms with van der Waals surface area (Å²) >= 11 is 0. The molecule has 3 N–H and O–H groups in total. The summed E-state index contributed by atoms with van der Waals surface area (Å²) in [6, 6.07) is 3.81. The molecular formula is C16H24FN3O3S. The second-order valence-electron chi connectivity index (χ2n) is 6.40. The smallest absolute Gasteiger partial charge is 0.229 e. The second-order valence-corrected chi connectivity index (χ2v) is 8.15. The Labute approximate surface area is 142 Å². The van der Waals surface area contributed by atoms with Crippen molar-refractivity contribution in [3.63, 3.8) is 0 Å². The van der Waals surface area contributed by atoms with Crippen LogP contribution in [0.1, 0.15) is 26.2 Å². The summed E-state index contributed by atoms with van der Waals surface area (Å²) in [5.74, 6) is -0.142. The standard InChI is InChI=1S/C16H24FN3O3S/c1-11(12-4-3-7-18-10-12)8-16(21)19-13-5-6-14(17)15(9-13)20-24(2,22)23/h5-6,9,11-12,18,20H,3-4,7-8,10H2,1-2H3,(H,19,21). The molecule has 1 aliphatic heterocycles. The number of hydrogen-bond acceptors (Lipinski definition) is 4. The highest BCUT2D eigenvalue weighted by molar-refractivity contribution is 7.92. The van der Waals surface area contributed by atoms with Gasteiger partial charge in [-0.3, -0.25) is 9.52 Å². The van der Waals surface area contributed by atoms with E-state index in [2.05, 4.69) is 22.3 Å². The van der Waals surface area contributed by atoms with Crippen molar-refractivity contribution >= 4 is 27.3 Å². The van der Waals surface area contributed by atoms with Crippen LogP contribution < -0.4 is 15.4 Å². The molecule has 1 aromatic carbocycles. The first kappa shape index (κ1) is 18.7. The Bertz CT molecular complexity index is 688. The van der Waals surface area contributed by atoms with Gasteiger partial charge >= 0.3 is 0 Å². The monoisotopic (exact) mass is 357 g/mol. The first-order valence-corrected chi connectivity index (χ1v) is 9.91. The van der Waals surface area contributed by atoms with Gasteiger partial charge in [-0.25, -0.2) is 12.8 Å². The molecule has 134 valence electrons. The first-order valence-electron chi connectivity index (χ1n) is 8.02. The highest BCUT2D eigenvalue weighted by Gasteiger charge is 2.22. The van der Waals surface area contributed by atoms with E-state index in [0.717, 1.165) is 38.3 Å². The number of amides is 1. The topological polar surface area (TPSA) is 87.3 Å². The molecule has 1 aromatic rings. The lowest BCUT2D eigenvalue weighted by molar-refractivity contribution is -0.117. The highest BCUT2D eigenvalue weighted by Crippen LogP contribution is 2.24. The third kappa shape index (κ3) is 5.76. The van der Waals surface area contributed by atoms with E-state index in [1.165, 1.54) is 12.1 Å². The van der Waals surface area contributed by atoms with Gasteiger partial charge in [0, 0.05) is 12.1 Å². The second kappa shape index (κ2) is 7.94. The van der Waals surface area contributed by atoms with Crippen LogP contribution in [0.5, 0.6) is 0 Å². The predicted octanol–water partition coefficient (Wildman–Crippen LogP) is 2.16. The Morgan fingerprint density at radius 1 is 1.46 bits per heavy atom. The van der Waals surface area contributed by atoms with Gasteiger partial charge in [0.15, 0.2) is 0 Å². The van der Waals surface area contributed by atoms with Gasteiger partial charge in [-0.05, 0) is 56.0 Å². The van der Waals surface area contributed by atoms with Crippen molar-refractivity contribution in [2.24, 2.45) is 11.8 Å². The molecular weight excluding hydrogens is 333 g/mol. The third-order valence-electron chi connectivity index (χ3n) is 4.19. The third-order valence-corrected chi connectivity index (χ3v) is 4.78. The fourth-order valence-electron chi connectivity index (χ4n) is 2.92. The summed E-state index contributed by atoms with van der Waals surface area (Å²) in [6.07, 6.45) is 3.55. The number of anilines is 2. The molecule has 1 fully saturated rings. The zero-order chi connectivity index (χ0) is 17.7. The van der Waals surface area contributed by atoms with E-state index in [1.54, 1.807) is 0 Å². The molecule has 1 saturated heterocycles. The van der Waals surface area contributed by atoms with Crippen molar-refractivity contribution in [3.05, 3.63) is 24.0 Å². The summed E-state index contributed by atoms with van der Waals surface area (Å²) in [4.78, 5) is 12.2. The minimum absolute atomic E-state index is 0.162. The maximum atomic E-state index is 13.6. The van der Waals surface area contributed by atoms with E-state index < -0.39 is 15.8 Å². The highest BCUT2D eigenvalue weighted by atomic mass is 32.2. The van der Waals surface area contributed by atoms with Gasteiger partial charge < -0.3 is 10.6 Å². The van der Waals surface area contributed by atoms with Gasteiger partial charge in [0.1, 0.15) is 5.82 Å². The van der Waals surface area contributed by atoms with E-state index >= 15 is 0 Å². The lowest BCUT2D eigenvalue weighted by atomic mass is 9.85. The molecule has 24 heavy (non-hydrogen) atoms. The van der Waals surface area contributed by atoms with Crippen molar-refractivity contribution in [2.45, 2.75) is 26.2 Å². The molecule has 1 amide bonds. The van der Waals surface area contributed by atoms with E-state index in [1.807, 2.05) is 0 Å². The molecule has 2 rings (SSSR count). The summed E-state index contributed by atoms with van der Waals surface area (Å²) in [6.45, 7) is 4.01. The zero-order valence-corrected chi connectivity index (χ0v) is 14.7. The van der Waals surface area contributed by atoms with Crippen LogP contribution in [0.4, 0.5) is 15.8 Å². The normalized spacial score (nSPS) is 19.5. The number of benzene rings is 1. The first-order chi connectivity index (χ1) is 11.2. The largest absolute Gasteiger partial charge is 0.326 e. The number of nitrogens with one attached hydrogen (secondary N) is 3. The SMILES string of the molecule is CC(CC(=O)Nc1ccc(F)c(NS(C)(=O)=O)c1)C1CCCNC1. The Morgan fingerprint density at radius 2 is 2.21 bits per heavy atom. The van der Waals surface area contributed by atoms with Gasteiger partial charge in [0.2, 0.25) is 15.9 Å². The number of piperidine rings is 1. The Balaban J connectivity index is 1.97. The summed E-state index contributed by atoms with van der Waals surface area (Å²) in [7, 11) is -3.59. The fourth-order valence-corrected chi connectivity index (χ4v) is 3.47. The molecule has 2 unspecified atom stereocenters. The molecule has 0 aromatic heterocycles. The quantitative estimate of drug-likeness (QED) is 0.728. The number of rotatable bonds is 6. The van der Waals surface area contributed by atoms with Crippen LogP contribution in [0.15, 0.2) is 18.2 Å². The minimum Gasteiger partial charge on any atom is -0.326 e. The van der Waals surface area contributed by atoms with E-state index in [-0.39, 0.29) is 17.5 Å². The number of sulfonamides is 1. The van der Waals surface area contributed by atoms with Crippen LogP contribution in [0, 0.1) is 17.7 Å². The molecule has 8 heteroatoms. The number of halogens is 1. The summed E-state index contributed by atoms with van der Waals surface area (Å²) in [5, 5.41) is 6.04. The van der Waals surface area contributed by atoms with Gasteiger partial charge in [-0.2, -0.15) is 0 Å². The van der Waals surface area contributed by atoms with Crippen molar-refractivity contribution in [1.29, 1.82) is 0 Å². The van der Waals surface area contributed by atoms with Crippen molar-refractivity contribution < 1.29 is 17.6 Å². The fraction of sp³-hybridized carbons (Fsp3) is 0.562. The van der Waals surface area contributed by atoms with Crippen molar-refractivity contribution in [2.75, 3.05) is 29.4 Å². The van der Waals surface area contributed by atoms with Crippen molar-refractivity contribution in [1.82, 2.24) is 5.32 Å². The molecule has 0 bridgehead atoms. The lowest BCUT2D eigenvalue weighted by Crippen LogP contribution is -2.34. The number of hydrogen-bond donors (Lipinski definition) is 3. The molecule has 2 atom stereocenters. The Hall–Kier alpha value is -1.67. The molecule has 0 aliphatic carbocycles. The van der Waals surface area contributed by atoms with E-state index in [4.69, 9.17) is 0 Å². The van der Waals surface area contributed by atoms with Crippen LogP contribution in [0.25, 0.3) is 0 Å². The van der Waals surface area contributed by atoms with Crippen LogP contribution in [-0.4, -0.2) is 33.7 Å². The van der Waals surface area contributed by atoms with Crippen molar-refractivity contribution in [3.8, 4) is 0 Å². The number of carbonyl (C=O) groups excluding carboxylic acids is 1. The molecule has 0 saturated carbocycles. The van der Waals surface area contributed by atoms with Gasteiger partial charge in [0.05, 0.1) is 11.9 Å². The average Bonchev–Trinajstić information content (AvgIpc) is 2.50. The van der Waals surface area contributed by atoms with Crippen LogP contribution in [-0.2, 0) is 14.8 Å². The molecule has 0 radical (unpaired) electrons. The lowest BCUT2D eigenvalue weighted by Gasteiger charge is -2.28. The summed E-state index contributed by atoms with van der Waals surface area (Å²) in [5.41, 5.74) is 0.182. The maximum absolute atomic E-state index is 13.6. The minimum atomic E-state index is -3.59. The van der Waals surface area contributed by atoms with Crippen LogP contribution >= 0.6 is 0 Å². The van der Waals surface area contributed by atoms with E-state index in [9.17, 15) is 17.6 Å².